The molecule has 0 unspecified atom stereocenters. The average molecular weight is 402 g/mol. The topological polar surface area (TPSA) is 138 Å². The molecule has 1 heterocycles. The van der Waals surface area contributed by atoms with Crippen molar-refractivity contribution in [2.24, 2.45) is 5.73 Å². The van der Waals surface area contributed by atoms with E-state index in [0.717, 1.165) is 11.1 Å². The van der Waals surface area contributed by atoms with Gasteiger partial charge in [-0.15, -0.1) is 0 Å². The van der Waals surface area contributed by atoms with E-state index >= 15 is 0 Å². The summed E-state index contributed by atoms with van der Waals surface area (Å²) in [7, 11) is 0. The molecule has 0 saturated heterocycles. The Hall–Kier alpha value is -3.62. The molecule has 0 spiro atoms. The fraction of sp³-hybridized carbons (Fsp3) is 0.300. The van der Waals surface area contributed by atoms with Crippen molar-refractivity contribution < 1.29 is 33.1 Å². The number of nitrogens with two attached hydrogens (primary N) is 1. The lowest BCUT2D eigenvalue weighted by Crippen LogP contribution is -2.23. The Morgan fingerprint density at radius 3 is 2.14 bits per heavy atom. The maximum absolute atomic E-state index is 12.2. The molecule has 0 aliphatic heterocycles. The van der Waals surface area contributed by atoms with Gasteiger partial charge in [-0.2, -0.15) is 0 Å². The van der Waals surface area contributed by atoms with Gasteiger partial charge in [-0.1, -0.05) is 17.2 Å². The molecule has 3 N–H and O–H groups in total. The summed E-state index contributed by atoms with van der Waals surface area (Å²) in [5, 5.41) is 2.29. The molecule has 1 aromatic heterocycles. The van der Waals surface area contributed by atoms with Gasteiger partial charge >= 0.3 is 11.9 Å². The Labute approximate surface area is 167 Å². The van der Waals surface area contributed by atoms with Gasteiger partial charge in [0.2, 0.25) is 5.88 Å². The Kier molecular flexibility index (Phi) is 6.76. The van der Waals surface area contributed by atoms with E-state index in [1.54, 1.807) is 19.1 Å². The largest absolute Gasteiger partial charge is 0.462 e. The Balaban J connectivity index is 2.12. The van der Waals surface area contributed by atoms with E-state index in [0.29, 0.717) is 5.56 Å². The molecule has 0 bridgehead atoms. The van der Waals surface area contributed by atoms with Crippen LogP contribution in [0.5, 0.6) is 0 Å². The highest BCUT2D eigenvalue weighted by molar-refractivity contribution is 6.10. The number of anilines is 1. The first-order valence-corrected chi connectivity index (χ1v) is 8.79. The van der Waals surface area contributed by atoms with Crippen LogP contribution >= 0.6 is 0 Å². The number of ether oxygens (including phenoxy) is 2. The smallest absolute Gasteiger partial charge is 0.342 e. The zero-order chi connectivity index (χ0) is 21.7. The summed E-state index contributed by atoms with van der Waals surface area (Å²) in [5.41, 5.74) is 6.92. The zero-order valence-electron chi connectivity index (χ0n) is 16.6. The van der Waals surface area contributed by atoms with E-state index in [2.05, 4.69) is 5.32 Å². The number of hydrogen-bond acceptors (Lipinski definition) is 7. The van der Waals surface area contributed by atoms with E-state index in [9.17, 15) is 19.2 Å². The SMILES string of the molecule is CCOC(=O)c1c(C)oc(NC(=O)COC(=O)c2cc(C)cc(C)c2)c1C(N)=O. The first kappa shape index (κ1) is 21.7. The number of benzene rings is 1. The summed E-state index contributed by atoms with van der Waals surface area (Å²) < 4.78 is 15.2. The third kappa shape index (κ3) is 5.22. The number of carbonyl (C=O) groups excluding carboxylic acids is 4. The molecule has 2 rings (SSSR count). The molecule has 0 saturated carbocycles. The summed E-state index contributed by atoms with van der Waals surface area (Å²) >= 11 is 0. The first-order chi connectivity index (χ1) is 13.6. The van der Waals surface area contributed by atoms with Crippen LogP contribution in [0.15, 0.2) is 22.6 Å². The van der Waals surface area contributed by atoms with Crippen LogP contribution in [0.2, 0.25) is 0 Å². The molecule has 9 heteroatoms. The van der Waals surface area contributed by atoms with Crippen molar-refractivity contribution in [2.75, 3.05) is 18.5 Å². The van der Waals surface area contributed by atoms with Crippen molar-refractivity contribution in [1.82, 2.24) is 0 Å². The number of hydrogen-bond donors (Lipinski definition) is 2. The van der Waals surface area contributed by atoms with Gasteiger partial charge in [0.25, 0.3) is 11.8 Å². The molecule has 29 heavy (non-hydrogen) atoms. The second kappa shape index (κ2) is 9.05. The molecule has 0 aliphatic carbocycles. The number of primary amides is 1. The highest BCUT2D eigenvalue weighted by Crippen LogP contribution is 2.27. The van der Waals surface area contributed by atoms with Crippen LogP contribution in [0.1, 0.15) is 54.9 Å². The molecular formula is C20H22N2O7. The number of nitrogens with one attached hydrogen (secondary N) is 1. The Bertz CT molecular complexity index is 955. The number of esters is 2. The van der Waals surface area contributed by atoms with Crippen molar-refractivity contribution in [2.45, 2.75) is 27.7 Å². The Morgan fingerprint density at radius 1 is 0.966 bits per heavy atom. The summed E-state index contributed by atoms with van der Waals surface area (Å²) in [6.45, 7) is 6.15. The number of carbonyl (C=O) groups is 4. The molecule has 0 atom stereocenters. The number of rotatable bonds is 7. The maximum atomic E-state index is 12.2. The van der Waals surface area contributed by atoms with Crippen molar-refractivity contribution in [1.29, 1.82) is 0 Å². The second-order valence-electron chi connectivity index (χ2n) is 6.32. The summed E-state index contributed by atoms with van der Waals surface area (Å²) in [5.74, 6) is -3.48. The minimum absolute atomic E-state index is 0.0554. The number of aryl methyl sites for hydroxylation is 3. The van der Waals surface area contributed by atoms with Gasteiger partial charge in [0.15, 0.2) is 6.61 Å². The standard InChI is InChI=1S/C20H22N2O7/c1-5-27-20(26)15-12(4)29-18(16(15)17(21)24)22-14(23)9-28-19(25)13-7-10(2)6-11(3)8-13/h6-8H,5,9H2,1-4H3,(H2,21,24)(H,22,23). The van der Waals surface area contributed by atoms with E-state index < -0.39 is 30.4 Å². The fourth-order valence-electron chi connectivity index (χ4n) is 2.79. The highest BCUT2D eigenvalue weighted by Gasteiger charge is 2.29. The van der Waals surface area contributed by atoms with Crippen molar-refractivity contribution in [3.8, 4) is 0 Å². The number of amides is 2. The van der Waals surface area contributed by atoms with Crippen LogP contribution < -0.4 is 11.1 Å². The van der Waals surface area contributed by atoms with Gasteiger partial charge in [-0.3, -0.25) is 14.9 Å². The quantitative estimate of drug-likeness (QED) is 0.678. The van der Waals surface area contributed by atoms with E-state index in [4.69, 9.17) is 19.6 Å². The van der Waals surface area contributed by atoms with E-state index in [1.165, 1.54) is 6.92 Å². The monoisotopic (exact) mass is 402 g/mol. The lowest BCUT2D eigenvalue weighted by Gasteiger charge is -2.07. The van der Waals surface area contributed by atoms with Gasteiger partial charge in [-0.25, -0.2) is 9.59 Å². The van der Waals surface area contributed by atoms with Crippen LogP contribution in [0, 0.1) is 20.8 Å². The third-order valence-corrected chi connectivity index (χ3v) is 3.85. The molecular weight excluding hydrogens is 380 g/mol. The molecule has 0 radical (unpaired) electrons. The lowest BCUT2D eigenvalue weighted by atomic mass is 10.1. The lowest BCUT2D eigenvalue weighted by molar-refractivity contribution is -0.119. The van der Waals surface area contributed by atoms with Crippen LogP contribution in [0.25, 0.3) is 0 Å². The Morgan fingerprint density at radius 2 is 1.59 bits per heavy atom. The van der Waals surface area contributed by atoms with Gasteiger partial charge in [-0.05, 0) is 39.8 Å². The van der Waals surface area contributed by atoms with E-state index in [1.807, 2.05) is 19.9 Å². The molecule has 1 aromatic carbocycles. The van der Waals surface area contributed by atoms with Crippen LogP contribution in [-0.2, 0) is 14.3 Å². The van der Waals surface area contributed by atoms with Gasteiger partial charge in [0.05, 0.1) is 12.2 Å². The predicted octanol–water partition coefficient (Wildman–Crippen LogP) is 2.28. The summed E-state index contributed by atoms with van der Waals surface area (Å²) in [6, 6.07) is 5.18. The minimum atomic E-state index is -0.979. The van der Waals surface area contributed by atoms with Crippen molar-refractivity contribution in [3.63, 3.8) is 0 Å². The first-order valence-electron chi connectivity index (χ1n) is 8.79. The summed E-state index contributed by atoms with van der Waals surface area (Å²) in [4.78, 5) is 48.1. The molecule has 2 aromatic rings. The van der Waals surface area contributed by atoms with Crippen LogP contribution in [0.4, 0.5) is 5.88 Å². The molecule has 0 aliphatic rings. The van der Waals surface area contributed by atoms with Gasteiger partial charge in [0.1, 0.15) is 16.9 Å². The predicted molar refractivity (Wildman–Crippen MR) is 103 cm³/mol. The van der Waals surface area contributed by atoms with Crippen LogP contribution in [0.3, 0.4) is 0 Å². The van der Waals surface area contributed by atoms with Crippen molar-refractivity contribution >= 4 is 29.6 Å². The number of furan rings is 1. The maximum Gasteiger partial charge on any atom is 0.342 e. The fourth-order valence-corrected chi connectivity index (χ4v) is 2.79. The highest BCUT2D eigenvalue weighted by atomic mass is 16.5. The average Bonchev–Trinajstić information content (AvgIpc) is 2.95. The van der Waals surface area contributed by atoms with Gasteiger partial charge < -0.3 is 19.6 Å². The minimum Gasteiger partial charge on any atom is -0.462 e. The molecule has 9 nitrogen and oxygen atoms in total. The molecule has 0 fully saturated rings. The van der Waals surface area contributed by atoms with E-state index in [-0.39, 0.29) is 29.4 Å². The molecule has 2 amide bonds. The molecule has 154 valence electrons. The van der Waals surface area contributed by atoms with Crippen LogP contribution in [-0.4, -0.2) is 37.0 Å². The summed E-state index contributed by atoms with van der Waals surface area (Å²) in [6.07, 6.45) is 0. The second-order valence-corrected chi connectivity index (χ2v) is 6.32. The zero-order valence-corrected chi connectivity index (χ0v) is 16.6. The van der Waals surface area contributed by atoms with Crippen molar-refractivity contribution in [3.05, 3.63) is 51.8 Å². The normalized spacial score (nSPS) is 10.3. The van der Waals surface area contributed by atoms with Gasteiger partial charge in [0, 0.05) is 0 Å². The third-order valence-electron chi connectivity index (χ3n) is 3.85.